The average Bonchev–Trinajstić information content (AvgIpc) is 3.18. The number of H-pyrrole nitrogens is 1. The zero-order valence-corrected chi connectivity index (χ0v) is 20.8. The molecule has 0 aliphatic carbocycles. The lowest BCUT2D eigenvalue weighted by Crippen LogP contribution is -2.29. The van der Waals surface area contributed by atoms with E-state index in [1.54, 1.807) is 54.9 Å². The normalized spacial score (nSPS) is 16.6. The standard InChI is InChI=1S/C31H26N2O5/c1-20-5-2-3-7-24(20)19-38-26-14-10-23(11-15-26)29(35)27-28(22-8-12-25(34)13-9-22)33(31(37)30(27)36)18-21-6-4-16-32-17-21/h2-17,28,34-35H,18-19H2,1H3/b29-27+. The number of aryl methyl sites for hydroxylation is 1. The number of carbonyl (C=O) groups excluding carboxylic acids is 2. The Morgan fingerprint density at radius 1 is 0.974 bits per heavy atom. The van der Waals surface area contributed by atoms with Gasteiger partial charge in [-0.05, 0) is 59.5 Å². The van der Waals surface area contributed by atoms with E-state index in [9.17, 15) is 19.8 Å². The quantitative estimate of drug-likeness (QED) is 0.235. The number of rotatable bonds is 7. The minimum atomic E-state index is -0.889. The van der Waals surface area contributed by atoms with Crippen molar-refractivity contribution in [1.29, 1.82) is 0 Å². The van der Waals surface area contributed by atoms with E-state index >= 15 is 0 Å². The van der Waals surface area contributed by atoms with Gasteiger partial charge >= 0.3 is 0 Å². The number of aromatic amines is 1. The van der Waals surface area contributed by atoms with E-state index in [0.29, 0.717) is 17.9 Å². The van der Waals surface area contributed by atoms with Gasteiger partial charge in [0.25, 0.3) is 5.91 Å². The summed E-state index contributed by atoms with van der Waals surface area (Å²) in [5.41, 5.74) is 3.69. The minimum Gasteiger partial charge on any atom is -0.872 e. The fraction of sp³-hybridized carbons (Fsp3) is 0.129. The van der Waals surface area contributed by atoms with Gasteiger partial charge in [-0.25, -0.2) is 4.98 Å². The highest BCUT2D eigenvalue weighted by Gasteiger charge is 2.44. The predicted molar refractivity (Wildman–Crippen MR) is 138 cm³/mol. The largest absolute Gasteiger partial charge is 0.872 e. The predicted octanol–water partition coefficient (Wildman–Crippen LogP) is 3.52. The first-order valence-corrected chi connectivity index (χ1v) is 12.2. The van der Waals surface area contributed by atoms with Crippen LogP contribution in [0.4, 0.5) is 0 Å². The molecule has 1 saturated heterocycles. The van der Waals surface area contributed by atoms with Crippen LogP contribution in [0, 0.1) is 6.92 Å². The summed E-state index contributed by atoms with van der Waals surface area (Å²) < 4.78 is 5.88. The van der Waals surface area contributed by atoms with Crippen LogP contribution in [-0.4, -0.2) is 21.7 Å². The highest BCUT2D eigenvalue weighted by molar-refractivity contribution is 6.46. The van der Waals surface area contributed by atoms with Gasteiger partial charge in [0.15, 0.2) is 12.4 Å². The van der Waals surface area contributed by atoms with Crippen LogP contribution in [0.15, 0.2) is 103 Å². The molecule has 2 heterocycles. The minimum absolute atomic E-state index is 0.0442. The number of pyridine rings is 1. The topological polar surface area (TPSA) is 104 Å². The lowest BCUT2D eigenvalue weighted by atomic mass is 9.95. The fourth-order valence-electron chi connectivity index (χ4n) is 4.55. The Morgan fingerprint density at radius 2 is 1.71 bits per heavy atom. The fourth-order valence-corrected chi connectivity index (χ4v) is 4.55. The first kappa shape index (κ1) is 24.8. The highest BCUT2D eigenvalue weighted by atomic mass is 16.5. The maximum Gasteiger partial charge on any atom is 0.295 e. The molecule has 1 fully saturated rings. The van der Waals surface area contributed by atoms with Crippen LogP contribution in [0.25, 0.3) is 5.76 Å². The molecule has 1 unspecified atom stereocenters. The Hall–Kier alpha value is -4.91. The number of nitrogens with one attached hydrogen (secondary N) is 1. The van der Waals surface area contributed by atoms with Crippen molar-refractivity contribution in [2.45, 2.75) is 26.1 Å². The van der Waals surface area contributed by atoms with Crippen molar-refractivity contribution >= 4 is 17.4 Å². The molecule has 2 N–H and O–H groups in total. The molecule has 1 aliphatic rings. The van der Waals surface area contributed by atoms with Gasteiger partial charge in [0, 0.05) is 17.2 Å². The van der Waals surface area contributed by atoms with E-state index in [2.05, 4.69) is 4.98 Å². The second kappa shape index (κ2) is 10.6. The summed E-state index contributed by atoms with van der Waals surface area (Å²) in [6.45, 7) is 2.54. The number of nitrogens with zero attached hydrogens (tertiary/aromatic N) is 1. The third-order valence-electron chi connectivity index (χ3n) is 6.63. The van der Waals surface area contributed by atoms with Crippen LogP contribution in [0.5, 0.6) is 11.5 Å². The first-order chi connectivity index (χ1) is 18.4. The zero-order valence-electron chi connectivity index (χ0n) is 20.8. The Labute approximate surface area is 220 Å². The van der Waals surface area contributed by atoms with Crippen LogP contribution in [0.2, 0.25) is 0 Å². The summed E-state index contributed by atoms with van der Waals surface area (Å²) >= 11 is 0. The van der Waals surface area contributed by atoms with E-state index in [4.69, 9.17) is 4.74 Å². The lowest BCUT2D eigenvalue weighted by molar-refractivity contribution is -0.378. The van der Waals surface area contributed by atoms with Crippen molar-refractivity contribution in [2.75, 3.05) is 0 Å². The van der Waals surface area contributed by atoms with Crippen molar-refractivity contribution in [2.24, 2.45) is 0 Å². The van der Waals surface area contributed by atoms with Gasteiger partial charge in [-0.15, -0.1) is 0 Å². The molecule has 7 heteroatoms. The number of aromatic hydroxyl groups is 1. The summed E-state index contributed by atoms with van der Waals surface area (Å²) in [6, 6.07) is 23.4. The van der Waals surface area contributed by atoms with E-state index < -0.39 is 23.5 Å². The molecular formula is C31H26N2O5. The molecule has 190 valence electrons. The number of ether oxygens (including phenoxy) is 1. The Morgan fingerprint density at radius 3 is 2.39 bits per heavy atom. The van der Waals surface area contributed by atoms with Gasteiger partial charge in [0.05, 0.1) is 12.6 Å². The van der Waals surface area contributed by atoms with Crippen LogP contribution in [0.3, 0.4) is 0 Å². The molecule has 3 aromatic carbocycles. The number of hydrogen-bond donors (Lipinski definition) is 1. The van der Waals surface area contributed by atoms with Crippen LogP contribution >= 0.6 is 0 Å². The van der Waals surface area contributed by atoms with E-state index in [0.717, 1.165) is 16.7 Å². The molecule has 1 amide bonds. The van der Waals surface area contributed by atoms with Crippen molar-refractivity contribution in [3.8, 4) is 11.5 Å². The molecule has 0 saturated carbocycles. The summed E-state index contributed by atoms with van der Waals surface area (Å²) in [6.07, 6.45) is 3.48. The number of ketones is 1. The molecule has 1 aliphatic heterocycles. The highest BCUT2D eigenvalue weighted by Crippen LogP contribution is 2.40. The molecule has 1 atom stereocenters. The first-order valence-electron chi connectivity index (χ1n) is 12.2. The number of phenols is 1. The van der Waals surface area contributed by atoms with Gasteiger partial charge < -0.3 is 19.8 Å². The molecule has 0 radical (unpaired) electrons. The van der Waals surface area contributed by atoms with Gasteiger partial charge in [-0.3, -0.25) is 9.59 Å². The Balaban J connectivity index is 1.47. The second-order valence-electron chi connectivity index (χ2n) is 9.15. The molecule has 5 rings (SSSR count). The van der Waals surface area contributed by atoms with E-state index in [1.807, 2.05) is 37.3 Å². The van der Waals surface area contributed by atoms with Crippen LogP contribution < -0.4 is 14.8 Å². The molecule has 0 bridgehead atoms. The monoisotopic (exact) mass is 506 g/mol. The molecule has 4 aromatic rings. The number of aromatic nitrogens is 1. The zero-order chi connectivity index (χ0) is 26.6. The summed E-state index contributed by atoms with van der Waals surface area (Å²) in [5.74, 6) is -1.46. The smallest absolute Gasteiger partial charge is 0.295 e. The number of phenolic OH excluding ortho intramolecular Hbond substituents is 1. The van der Waals surface area contributed by atoms with Crippen LogP contribution in [-0.2, 0) is 22.7 Å². The van der Waals surface area contributed by atoms with Crippen molar-refractivity contribution in [3.05, 3.63) is 131 Å². The summed E-state index contributed by atoms with van der Waals surface area (Å²) in [4.78, 5) is 30.7. The number of carbonyl (C=O) groups is 2. The van der Waals surface area contributed by atoms with E-state index in [-0.39, 0.29) is 23.4 Å². The maximum absolute atomic E-state index is 13.7. The number of hydrogen-bond acceptors (Lipinski definition) is 5. The summed E-state index contributed by atoms with van der Waals surface area (Å²) in [5, 5.41) is 23.4. The molecule has 38 heavy (non-hydrogen) atoms. The van der Waals surface area contributed by atoms with Crippen molar-refractivity contribution < 1.29 is 29.5 Å². The lowest BCUT2D eigenvalue weighted by Gasteiger charge is -2.27. The second-order valence-corrected chi connectivity index (χ2v) is 9.15. The number of amides is 1. The van der Waals surface area contributed by atoms with Gasteiger partial charge in [0.2, 0.25) is 5.78 Å². The molecule has 7 nitrogen and oxygen atoms in total. The SMILES string of the molecule is Cc1ccccc1COc1ccc(/C([O-])=C2\C(=O)C(=O)N(Cc3ccc[nH+]c3)C2c2ccc(O)cc2)cc1. The van der Waals surface area contributed by atoms with Crippen molar-refractivity contribution in [1.82, 2.24) is 4.90 Å². The number of Topliss-reactive ketones (excluding diaryl/α,β-unsaturated/α-hetero) is 1. The third kappa shape index (κ3) is 4.99. The third-order valence-corrected chi connectivity index (χ3v) is 6.63. The summed E-state index contributed by atoms with van der Waals surface area (Å²) in [7, 11) is 0. The Bertz CT molecular complexity index is 1500. The molecule has 1 aromatic heterocycles. The Kier molecular flexibility index (Phi) is 6.91. The average molecular weight is 507 g/mol. The molecule has 0 spiro atoms. The van der Waals surface area contributed by atoms with Gasteiger partial charge in [0.1, 0.15) is 18.1 Å². The molecular weight excluding hydrogens is 480 g/mol. The van der Waals surface area contributed by atoms with Gasteiger partial charge in [-0.1, -0.05) is 54.3 Å². The van der Waals surface area contributed by atoms with E-state index in [1.165, 1.54) is 17.0 Å². The number of likely N-dealkylation sites (tertiary alicyclic amines) is 1. The number of benzene rings is 3. The maximum atomic E-state index is 13.7. The van der Waals surface area contributed by atoms with Gasteiger partial charge in [-0.2, -0.15) is 0 Å². The van der Waals surface area contributed by atoms with Crippen LogP contribution in [0.1, 0.15) is 33.9 Å². The van der Waals surface area contributed by atoms with Crippen molar-refractivity contribution in [3.63, 3.8) is 0 Å².